The van der Waals surface area contributed by atoms with E-state index in [1.165, 1.54) is 109 Å². The van der Waals surface area contributed by atoms with Gasteiger partial charge in [0, 0.05) is 11.9 Å². The molecule has 0 rings (SSSR count). The average molecular weight is 374 g/mol. The number of unbranched alkanes of at least 4 members (excludes halogenated alkanes) is 14. The molecule has 0 saturated heterocycles. The van der Waals surface area contributed by atoms with Gasteiger partial charge in [-0.05, 0) is 33.4 Å². The Labute approximate surface area is 165 Å². The number of hydrogen-bond acceptors (Lipinski definition) is 1. The van der Waals surface area contributed by atoms with Crippen LogP contribution in [0.1, 0.15) is 122 Å². The summed E-state index contributed by atoms with van der Waals surface area (Å²) in [6, 6.07) is 0.737. The molecule has 0 aromatic rings. The maximum absolute atomic E-state index is 5.83. The van der Waals surface area contributed by atoms with E-state index in [9.17, 15) is 0 Å². The van der Waals surface area contributed by atoms with Gasteiger partial charge < -0.3 is 4.90 Å². The summed E-state index contributed by atoms with van der Waals surface area (Å²) in [5.74, 6) is 0.809. The summed E-state index contributed by atoms with van der Waals surface area (Å²) < 4.78 is 0. The maximum atomic E-state index is 5.83. The predicted molar refractivity (Wildman–Crippen MR) is 117 cm³/mol. The monoisotopic (exact) mass is 373 g/mol. The van der Waals surface area contributed by atoms with Crippen LogP contribution in [0.4, 0.5) is 0 Å². The maximum Gasteiger partial charge on any atom is 0.0224 e. The van der Waals surface area contributed by atoms with Gasteiger partial charge in [-0.1, -0.05) is 103 Å². The van der Waals surface area contributed by atoms with E-state index < -0.39 is 0 Å². The van der Waals surface area contributed by atoms with Crippen molar-refractivity contribution < 1.29 is 0 Å². The highest BCUT2D eigenvalue weighted by molar-refractivity contribution is 6.17. The number of alkyl halides is 1. The molecule has 0 amide bonds. The van der Waals surface area contributed by atoms with Crippen LogP contribution in [0, 0.1) is 0 Å². The molecular formula is C23H48ClN. The number of hydrogen-bond donors (Lipinski definition) is 0. The van der Waals surface area contributed by atoms with Crippen molar-refractivity contribution in [3.63, 3.8) is 0 Å². The van der Waals surface area contributed by atoms with Crippen LogP contribution in [0.5, 0.6) is 0 Å². The van der Waals surface area contributed by atoms with E-state index in [1.54, 1.807) is 0 Å². The topological polar surface area (TPSA) is 3.24 Å². The molecule has 0 saturated carbocycles. The summed E-state index contributed by atoms with van der Waals surface area (Å²) in [5.41, 5.74) is 0. The summed E-state index contributed by atoms with van der Waals surface area (Å²) >= 11 is 5.83. The minimum absolute atomic E-state index is 0.737. The third-order valence-electron chi connectivity index (χ3n) is 5.54. The Morgan fingerprint density at radius 1 is 0.560 bits per heavy atom. The van der Waals surface area contributed by atoms with E-state index in [0.29, 0.717) is 0 Å². The summed E-state index contributed by atoms with van der Waals surface area (Å²) in [6.07, 6.45) is 25.5. The largest absolute Gasteiger partial charge is 0.306 e. The highest BCUT2D eigenvalue weighted by Gasteiger charge is 2.10. The lowest BCUT2D eigenvalue weighted by Gasteiger charge is -2.24. The Morgan fingerprint density at radius 2 is 0.920 bits per heavy atom. The summed E-state index contributed by atoms with van der Waals surface area (Å²) in [5, 5.41) is 0. The first-order valence-electron chi connectivity index (χ1n) is 11.4. The normalized spacial score (nSPS) is 12.8. The Hall–Kier alpha value is 0.250. The number of halogens is 1. The first-order valence-corrected chi connectivity index (χ1v) is 12.0. The molecule has 1 atom stereocenters. The Morgan fingerprint density at radius 3 is 1.28 bits per heavy atom. The van der Waals surface area contributed by atoms with Crippen molar-refractivity contribution in [2.24, 2.45) is 0 Å². The van der Waals surface area contributed by atoms with Crippen LogP contribution >= 0.6 is 11.6 Å². The average Bonchev–Trinajstić information content (AvgIpc) is 2.60. The second-order valence-corrected chi connectivity index (χ2v) is 8.57. The fourth-order valence-electron chi connectivity index (χ4n) is 3.72. The molecule has 1 nitrogen and oxygen atoms in total. The van der Waals surface area contributed by atoms with Crippen LogP contribution in [0.25, 0.3) is 0 Å². The lowest BCUT2D eigenvalue weighted by Crippen LogP contribution is -2.27. The van der Waals surface area contributed by atoms with Crippen molar-refractivity contribution in [2.75, 3.05) is 20.0 Å². The molecule has 152 valence electrons. The van der Waals surface area contributed by atoms with Gasteiger partial charge in [-0.3, -0.25) is 0 Å². The molecule has 0 aliphatic heterocycles. The predicted octanol–water partition coefficient (Wildman–Crippen LogP) is 8.20. The van der Waals surface area contributed by atoms with Crippen LogP contribution < -0.4 is 0 Å². The molecule has 0 aromatic heterocycles. The molecule has 0 aliphatic carbocycles. The van der Waals surface area contributed by atoms with Crippen molar-refractivity contribution >= 4 is 11.6 Å². The summed E-state index contributed by atoms with van der Waals surface area (Å²) in [4.78, 5) is 2.39. The SMILES string of the molecule is CCCCCCCCCCCCCCCCCC(CCCCl)N(C)C. The van der Waals surface area contributed by atoms with Gasteiger partial charge in [-0.25, -0.2) is 0 Å². The summed E-state index contributed by atoms with van der Waals surface area (Å²) in [7, 11) is 4.42. The second kappa shape index (κ2) is 20.6. The third-order valence-corrected chi connectivity index (χ3v) is 5.81. The molecule has 0 bridgehead atoms. The van der Waals surface area contributed by atoms with E-state index in [0.717, 1.165) is 18.3 Å². The molecule has 0 spiro atoms. The molecule has 0 aromatic carbocycles. The van der Waals surface area contributed by atoms with E-state index in [1.807, 2.05) is 0 Å². The fraction of sp³-hybridized carbons (Fsp3) is 1.00. The van der Waals surface area contributed by atoms with Gasteiger partial charge in [0.25, 0.3) is 0 Å². The lowest BCUT2D eigenvalue weighted by atomic mass is 10.0. The molecule has 0 aliphatic rings. The molecule has 0 fully saturated rings. The van der Waals surface area contributed by atoms with Crippen LogP contribution in [-0.4, -0.2) is 30.9 Å². The smallest absolute Gasteiger partial charge is 0.0224 e. The van der Waals surface area contributed by atoms with Crippen LogP contribution in [0.15, 0.2) is 0 Å². The van der Waals surface area contributed by atoms with Crippen LogP contribution in [-0.2, 0) is 0 Å². The fourth-order valence-corrected chi connectivity index (χ4v) is 3.88. The van der Waals surface area contributed by atoms with E-state index in [2.05, 4.69) is 25.9 Å². The minimum Gasteiger partial charge on any atom is -0.306 e. The first kappa shape index (κ1) is 25.2. The van der Waals surface area contributed by atoms with Gasteiger partial charge in [0.05, 0.1) is 0 Å². The lowest BCUT2D eigenvalue weighted by molar-refractivity contribution is 0.256. The summed E-state index contributed by atoms with van der Waals surface area (Å²) in [6.45, 7) is 2.30. The Bertz CT molecular complexity index is 242. The van der Waals surface area contributed by atoms with Crippen LogP contribution in [0.3, 0.4) is 0 Å². The quantitative estimate of drug-likeness (QED) is 0.153. The van der Waals surface area contributed by atoms with Gasteiger partial charge in [0.1, 0.15) is 0 Å². The highest BCUT2D eigenvalue weighted by atomic mass is 35.5. The first-order chi connectivity index (χ1) is 12.2. The molecule has 0 radical (unpaired) electrons. The van der Waals surface area contributed by atoms with Gasteiger partial charge in [0.2, 0.25) is 0 Å². The van der Waals surface area contributed by atoms with E-state index in [4.69, 9.17) is 11.6 Å². The molecular weight excluding hydrogens is 326 g/mol. The van der Waals surface area contributed by atoms with Crippen molar-refractivity contribution in [3.05, 3.63) is 0 Å². The van der Waals surface area contributed by atoms with Crippen molar-refractivity contribution in [1.82, 2.24) is 4.90 Å². The van der Waals surface area contributed by atoms with Crippen molar-refractivity contribution in [3.8, 4) is 0 Å². The van der Waals surface area contributed by atoms with Crippen LogP contribution in [0.2, 0.25) is 0 Å². The zero-order valence-electron chi connectivity index (χ0n) is 17.8. The third kappa shape index (κ3) is 18.8. The zero-order chi connectivity index (χ0) is 18.6. The van der Waals surface area contributed by atoms with Crippen molar-refractivity contribution in [1.29, 1.82) is 0 Å². The number of rotatable bonds is 20. The second-order valence-electron chi connectivity index (χ2n) is 8.19. The Balaban J connectivity index is 3.22. The van der Waals surface area contributed by atoms with E-state index >= 15 is 0 Å². The van der Waals surface area contributed by atoms with Crippen molar-refractivity contribution in [2.45, 2.75) is 129 Å². The zero-order valence-corrected chi connectivity index (χ0v) is 18.6. The Kier molecular flexibility index (Phi) is 20.8. The minimum atomic E-state index is 0.737. The molecule has 0 N–H and O–H groups in total. The van der Waals surface area contributed by atoms with Gasteiger partial charge in [0.15, 0.2) is 0 Å². The molecule has 2 heteroatoms. The van der Waals surface area contributed by atoms with Gasteiger partial charge in [-0.2, -0.15) is 0 Å². The van der Waals surface area contributed by atoms with E-state index in [-0.39, 0.29) is 0 Å². The standard InChI is InChI=1S/C23H48ClN/c1-4-5-6-7-8-9-10-11-12-13-14-15-16-17-18-20-23(25(2)3)21-19-22-24/h23H,4-22H2,1-3H3. The highest BCUT2D eigenvalue weighted by Crippen LogP contribution is 2.16. The number of nitrogens with zero attached hydrogens (tertiary/aromatic N) is 1. The molecule has 25 heavy (non-hydrogen) atoms. The van der Waals surface area contributed by atoms with Gasteiger partial charge in [-0.15, -0.1) is 11.6 Å². The molecule has 1 unspecified atom stereocenters. The van der Waals surface area contributed by atoms with Gasteiger partial charge >= 0.3 is 0 Å². The molecule has 0 heterocycles.